The molecule has 0 fully saturated rings. The number of hydrogen-bond donors (Lipinski definition) is 2. The molecule has 2 aliphatic carbocycles. The molecule has 4 N–H and O–H groups in total. The van der Waals surface area contributed by atoms with Crippen LogP contribution >= 0.6 is 0 Å². The van der Waals surface area contributed by atoms with Crippen molar-refractivity contribution in [3.8, 4) is 56.8 Å². The summed E-state index contributed by atoms with van der Waals surface area (Å²) in [7, 11) is -3.65. The van der Waals surface area contributed by atoms with Crippen molar-refractivity contribution in [2.45, 2.75) is 10.8 Å². The van der Waals surface area contributed by atoms with Crippen LogP contribution in [0.3, 0.4) is 0 Å². The number of anilines is 2. The lowest BCUT2D eigenvalue weighted by Crippen LogP contribution is -2.68. The Kier molecular flexibility index (Phi) is 12.2. The Bertz CT molecular complexity index is 3840. The lowest BCUT2D eigenvalue weighted by atomic mass is 9.68. The summed E-state index contributed by atoms with van der Waals surface area (Å²) in [6, 6.07) is 105. The van der Waals surface area contributed by atoms with Crippen LogP contribution in [0.25, 0.3) is 22.3 Å². The van der Waals surface area contributed by atoms with E-state index in [-0.39, 0.29) is 0 Å². The number of nitrogens with two attached hydrogens (primary N) is 2. The standard InChI is InChI=1S/C74H54N2O4Si/c75-55-35-47-59(48-36-55)77-57-39-27-51(28-40-57)73(69-23-11-7-19-65(69)66-20-8-12-24-70(66)73)53-31-43-61(44-32-53)79-81(63-15-3-1-4-16-63,64-17-5-2-6-18-64)80-62-45-33-54(34-46-62)74(71-25-13-9-21-67(71)68-22-10-14-26-72(68)74)52-29-41-58(42-30-52)78-60-49-37-56(76)38-50-60/h1-50H,75-76H2. The van der Waals surface area contributed by atoms with Crippen LogP contribution in [0.5, 0.6) is 34.5 Å². The smallest absolute Gasteiger partial charge is 0.506 e. The van der Waals surface area contributed by atoms with E-state index in [2.05, 4.69) is 243 Å². The minimum atomic E-state index is -3.65. The molecule has 0 aliphatic heterocycles. The van der Waals surface area contributed by atoms with Crippen molar-refractivity contribution in [2.75, 3.05) is 11.5 Å². The van der Waals surface area contributed by atoms with Crippen molar-refractivity contribution in [3.05, 3.63) is 348 Å². The van der Waals surface area contributed by atoms with Gasteiger partial charge in [-0.25, -0.2) is 0 Å². The highest BCUT2D eigenvalue weighted by atomic mass is 28.4. The summed E-state index contributed by atoms with van der Waals surface area (Å²) in [5.41, 5.74) is 26.2. The molecule has 7 heteroatoms. The molecule has 0 unspecified atom stereocenters. The zero-order valence-corrected chi connectivity index (χ0v) is 45.2. The Morgan fingerprint density at radius 1 is 0.235 bits per heavy atom. The topological polar surface area (TPSA) is 89.0 Å². The van der Waals surface area contributed by atoms with Gasteiger partial charge < -0.3 is 29.8 Å². The van der Waals surface area contributed by atoms with Crippen molar-refractivity contribution in [1.82, 2.24) is 0 Å². The maximum Gasteiger partial charge on any atom is 0.531 e. The lowest BCUT2D eigenvalue weighted by molar-refractivity contribution is 0.417. The quantitative estimate of drug-likeness (QED) is 0.0833. The van der Waals surface area contributed by atoms with Crippen LogP contribution < -0.4 is 40.2 Å². The maximum atomic E-state index is 7.60. The van der Waals surface area contributed by atoms with E-state index in [4.69, 9.17) is 29.8 Å². The molecule has 0 radical (unpaired) electrons. The van der Waals surface area contributed by atoms with Crippen LogP contribution in [0.2, 0.25) is 0 Å². The first kappa shape index (κ1) is 49.0. The predicted octanol–water partition coefficient (Wildman–Crippen LogP) is 15.9. The summed E-state index contributed by atoms with van der Waals surface area (Å²) >= 11 is 0. The van der Waals surface area contributed by atoms with Crippen molar-refractivity contribution >= 4 is 30.3 Å². The van der Waals surface area contributed by atoms with Gasteiger partial charge in [0.1, 0.15) is 34.5 Å². The van der Waals surface area contributed by atoms with E-state index >= 15 is 0 Å². The van der Waals surface area contributed by atoms with Crippen LogP contribution in [0.1, 0.15) is 44.5 Å². The molecule has 12 aromatic carbocycles. The second-order valence-electron chi connectivity index (χ2n) is 20.7. The number of rotatable bonds is 14. The largest absolute Gasteiger partial charge is 0.531 e. The average Bonchev–Trinajstić information content (AvgIpc) is 2.25. The third-order valence-electron chi connectivity index (χ3n) is 16.1. The average molecular weight is 1060 g/mol. The minimum absolute atomic E-state index is 0.651. The zero-order valence-electron chi connectivity index (χ0n) is 44.2. The Labute approximate surface area is 473 Å². The van der Waals surface area contributed by atoms with E-state index in [1.54, 1.807) is 0 Å². The summed E-state index contributed by atoms with van der Waals surface area (Å²) in [6.45, 7) is 0. The molecule has 0 saturated carbocycles. The van der Waals surface area contributed by atoms with Gasteiger partial charge in [0.15, 0.2) is 0 Å². The summed E-state index contributed by atoms with van der Waals surface area (Å²) in [5, 5.41) is 1.94. The maximum absolute atomic E-state index is 7.60. The Morgan fingerprint density at radius 2 is 0.469 bits per heavy atom. The zero-order chi connectivity index (χ0) is 54.4. The third-order valence-corrected chi connectivity index (χ3v) is 19.3. The number of ether oxygens (including phenoxy) is 2. The fourth-order valence-electron chi connectivity index (χ4n) is 12.6. The summed E-state index contributed by atoms with van der Waals surface area (Å²) in [6.07, 6.45) is 0. The van der Waals surface area contributed by atoms with Crippen molar-refractivity contribution < 1.29 is 18.3 Å². The van der Waals surface area contributed by atoms with E-state index < -0.39 is 19.4 Å². The number of fused-ring (bicyclic) bond motifs is 6. The Morgan fingerprint density at radius 3 is 0.753 bits per heavy atom. The predicted molar refractivity (Wildman–Crippen MR) is 329 cm³/mol. The first-order valence-electron chi connectivity index (χ1n) is 27.3. The van der Waals surface area contributed by atoms with Crippen LogP contribution in [-0.4, -0.2) is 8.56 Å². The molecule has 0 spiro atoms. The monoisotopic (exact) mass is 1060 g/mol. The van der Waals surface area contributed by atoms with Gasteiger partial charge in [-0.1, -0.05) is 206 Å². The molecular formula is C74H54N2O4Si. The van der Waals surface area contributed by atoms with Gasteiger partial charge in [-0.15, -0.1) is 0 Å². The second kappa shape index (κ2) is 20.1. The van der Waals surface area contributed by atoms with Gasteiger partial charge in [-0.05, 0) is 164 Å². The van der Waals surface area contributed by atoms with Gasteiger partial charge in [0.25, 0.3) is 0 Å². The molecule has 0 amide bonds. The fraction of sp³-hybridized carbons (Fsp3) is 0.0270. The normalized spacial score (nSPS) is 13.2. The molecular weight excluding hydrogens is 1010 g/mol. The molecule has 81 heavy (non-hydrogen) atoms. The fourth-order valence-corrected chi connectivity index (χ4v) is 15.6. The van der Waals surface area contributed by atoms with Gasteiger partial charge in [-0.2, -0.15) is 0 Å². The lowest BCUT2D eigenvalue weighted by Gasteiger charge is -2.35. The minimum Gasteiger partial charge on any atom is -0.506 e. The summed E-state index contributed by atoms with van der Waals surface area (Å²) in [4.78, 5) is 0. The van der Waals surface area contributed by atoms with E-state index in [1.807, 2.05) is 60.7 Å². The van der Waals surface area contributed by atoms with Crippen molar-refractivity contribution in [2.24, 2.45) is 0 Å². The van der Waals surface area contributed by atoms with Gasteiger partial charge in [0, 0.05) is 21.7 Å². The number of benzene rings is 12. The van der Waals surface area contributed by atoms with E-state index in [0.29, 0.717) is 22.9 Å². The van der Waals surface area contributed by atoms with Crippen LogP contribution in [0.4, 0.5) is 11.4 Å². The number of hydrogen-bond acceptors (Lipinski definition) is 6. The highest BCUT2D eigenvalue weighted by Gasteiger charge is 2.50. The van der Waals surface area contributed by atoms with E-state index in [1.165, 1.54) is 44.5 Å². The second-order valence-corrected chi connectivity index (χ2v) is 23.5. The molecule has 388 valence electrons. The molecule has 0 saturated heterocycles. The molecule has 0 aromatic heterocycles. The molecule has 6 nitrogen and oxygen atoms in total. The van der Waals surface area contributed by atoms with Crippen molar-refractivity contribution in [3.63, 3.8) is 0 Å². The third kappa shape index (κ3) is 8.33. The molecule has 0 atom stereocenters. The Balaban J connectivity index is 0.857. The highest BCUT2D eigenvalue weighted by molar-refractivity contribution is 6.93. The van der Waals surface area contributed by atoms with E-state index in [9.17, 15) is 0 Å². The van der Waals surface area contributed by atoms with Crippen LogP contribution in [0.15, 0.2) is 303 Å². The molecule has 2 aliphatic rings. The summed E-state index contributed by atoms with van der Waals surface area (Å²) < 4.78 is 27.8. The van der Waals surface area contributed by atoms with Gasteiger partial charge in [0.05, 0.1) is 10.8 Å². The van der Waals surface area contributed by atoms with Gasteiger partial charge in [0.2, 0.25) is 0 Å². The first-order valence-corrected chi connectivity index (χ1v) is 29.1. The SMILES string of the molecule is Nc1ccc(Oc2ccc(C3(c4ccc(O[Si](Oc5ccc(C6(c7ccc(Oc8ccc(N)cc8)cc7)c7ccccc7-c7ccccc76)cc5)(c5ccccc5)c5ccccc5)cc4)c4ccccc4-c4ccccc43)cc2)cc1. The van der Waals surface area contributed by atoms with Gasteiger partial charge in [-0.3, -0.25) is 0 Å². The van der Waals surface area contributed by atoms with Crippen LogP contribution in [-0.2, 0) is 10.8 Å². The highest BCUT2D eigenvalue weighted by Crippen LogP contribution is 2.58. The van der Waals surface area contributed by atoms with Crippen LogP contribution in [0, 0.1) is 0 Å². The molecule has 12 aromatic rings. The van der Waals surface area contributed by atoms with Gasteiger partial charge >= 0.3 is 8.56 Å². The van der Waals surface area contributed by atoms with Crippen molar-refractivity contribution in [1.29, 1.82) is 0 Å². The first-order chi connectivity index (χ1) is 39.9. The summed E-state index contributed by atoms with van der Waals surface area (Å²) in [5.74, 6) is 4.30. The molecule has 0 bridgehead atoms. The van der Waals surface area contributed by atoms with E-state index in [0.717, 1.165) is 55.6 Å². The molecule has 0 heterocycles. The Hall–Kier alpha value is -10.3. The molecule has 14 rings (SSSR count). The number of nitrogen functional groups attached to an aromatic ring is 2.